The van der Waals surface area contributed by atoms with Crippen LogP contribution >= 0.6 is 23.2 Å². The number of halogens is 2. The van der Waals surface area contributed by atoms with Crippen LogP contribution in [0.15, 0.2) is 24.3 Å². The molecule has 3 fully saturated rings. The summed E-state index contributed by atoms with van der Waals surface area (Å²) in [5.74, 6) is -2.88. The molecule has 1 aliphatic heterocycles. The molecule has 2 saturated carbocycles. The number of amides is 3. The Hall–Kier alpha value is -2.32. The van der Waals surface area contributed by atoms with Gasteiger partial charge in [0.15, 0.2) is 6.61 Å². The number of anilines is 1. The predicted octanol–water partition coefficient (Wildman–Crippen LogP) is 2.03. The number of rotatable bonds is 7. The van der Waals surface area contributed by atoms with Crippen LogP contribution in [0.1, 0.15) is 13.3 Å². The fourth-order valence-electron chi connectivity index (χ4n) is 4.89. The molecule has 1 aromatic carbocycles. The highest BCUT2D eigenvalue weighted by atomic mass is 35.5. The maximum absolute atomic E-state index is 12.7. The van der Waals surface area contributed by atoms with Gasteiger partial charge in [-0.2, -0.15) is 0 Å². The van der Waals surface area contributed by atoms with Crippen LogP contribution < -0.4 is 10.1 Å². The molecule has 3 amide bonds. The topological polar surface area (TPSA) is 102 Å². The van der Waals surface area contributed by atoms with Crippen LogP contribution in [0, 0.1) is 23.7 Å². The van der Waals surface area contributed by atoms with E-state index in [1.54, 1.807) is 24.3 Å². The molecule has 166 valence electrons. The summed E-state index contributed by atoms with van der Waals surface area (Å²) in [4.78, 5) is 50.6. The Morgan fingerprint density at radius 3 is 2.19 bits per heavy atom. The number of fused-ring (bicyclic) bond motifs is 5. The Morgan fingerprint density at radius 2 is 1.65 bits per heavy atom. The van der Waals surface area contributed by atoms with E-state index in [1.807, 2.05) is 6.92 Å². The van der Waals surface area contributed by atoms with E-state index in [4.69, 9.17) is 32.7 Å². The van der Waals surface area contributed by atoms with Crippen molar-refractivity contribution in [1.82, 2.24) is 4.90 Å². The normalized spacial score (nSPS) is 31.0. The summed E-state index contributed by atoms with van der Waals surface area (Å²) in [6.07, 6.45) is 0.652. The number of likely N-dealkylation sites (tertiary alicyclic amines) is 1. The number of hydrogen-bond donors (Lipinski definition) is 1. The standard InChI is InChI=1S/C21H22Cl2N2O6/c1-2-30-11-5-3-10(4-6-11)24-14(26)9-31-15(27)8-25-20(28)16-12-7-13(17(16)21(25)29)19(23)18(12)22/h3-6,12-13,16-19H,2,7-9H2,1H3,(H,24,26)/t12-,13-,16-,17+,18-,19+/m1/s1. The van der Waals surface area contributed by atoms with E-state index < -0.39 is 48.7 Å². The van der Waals surface area contributed by atoms with Crippen molar-refractivity contribution < 1.29 is 28.7 Å². The number of carbonyl (C=O) groups is 4. The monoisotopic (exact) mass is 468 g/mol. The second-order valence-corrected chi connectivity index (χ2v) is 8.94. The molecule has 1 saturated heterocycles. The first kappa shape index (κ1) is 21.9. The van der Waals surface area contributed by atoms with Crippen LogP contribution in [0.3, 0.4) is 0 Å². The minimum atomic E-state index is -0.833. The summed E-state index contributed by atoms with van der Waals surface area (Å²) in [5, 5.41) is 1.87. The number of carbonyl (C=O) groups excluding carboxylic acids is 4. The Labute approximate surface area is 189 Å². The molecule has 0 spiro atoms. The van der Waals surface area contributed by atoms with Crippen molar-refractivity contribution in [3.63, 3.8) is 0 Å². The molecule has 6 atom stereocenters. The Kier molecular flexibility index (Phi) is 6.12. The lowest BCUT2D eigenvalue weighted by Crippen LogP contribution is -2.38. The number of imide groups is 1. The lowest BCUT2D eigenvalue weighted by atomic mass is 9.80. The number of alkyl halides is 2. The van der Waals surface area contributed by atoms with Crippen LogP contribution in [-0.2, 0) is 23.9 Å². The molecule has 1 aromatic rings. The molecule has 1 N–H and O–H groups in total. The first-order chi connectivity index (χ1) is 14.8. The molecular weight excluding hydrogens is 447 g/mol. The SMILES string of the molecule is CCOc1ccc(NC(=O)COC(=O)CN2C(=O)[C@@H]3[C@H]4C[C@@H]([C@H](Cl)[C@@H]4Cl)[C@@H]3C2=O)cc1. The molecule has 2 bridgehead atoms. The van der Waals surface area contributed by atoms with E-state index in [2.05, 4.69) is 5.32 Å². The maximum Gasteiger partial charge on any atom is 0.326 e. The van der Waals surface area contributed by atoms with Crippen molar-refractivity contribution >= 4 is 52.6 Å². The van der Waals surface area contributed by atoms with Gasteiger partial charge < -0.3 is 14.8 Å². The van der Waals surface area contributed by atoms with Gasteiger partial charge in [-0.25, -0.2) is 0 Å². The zero-order valence-corrected chi connectivity index (χ0v) is 18.3. The fraction of sp³-hybridized carbons (Fsp3) is 0.524. The summed E-state index contributed by atoms with van der Waals surface area (Å²) in [7, 11) is 0. The third-order valence-corrected chi connectivity index (χ3v) is 7.50. The predicted molar refractivity (Wildman–Crippen MR) is 112 cm³/mol. The number of esters is 1. The number of ether oxygens (including phenoxy) is 2. The van der Waals surface area contributed by atoms with Gasteiger partial charge >= 0.3 is 5.97 Å². The average Bonchev–Trinajstić information content (AvgIpc) is 3.35. The molecule has 10 heteroatoms. The first-order valence-electron chi connectivity index (χ1n) is 10.1. The van der Waals surface area contributed by atoms with Crippen molar-refractivity contribution in [1.29, 1.82) is 0 Å². The van der Waals surface area contributed by atoms with Crippen molar-refractivity contribution in [3.8, 4) is 5.75 Å². The van der Waals surface area contributed by atoms with Crippen LogP contribution in [0.4, 0.5) is 5.69 Å². The molecule has 1 heterocycles. The molecule has 0 radical (unpaired) electrons. The van der Waals surface area contributed by atoms with E-state index in [0.29, 0.717) is 24.5 Å². The second-order valence-electron chi connectivity index (χ2n) is 7.93. The largest absolute Gasteiger partial charge is 0.494 e. The Bertz CT molecular complexity index is 876. The molecule has 8 nitrogen and oxygen atoms in total. The van der Waals surface area contributed by atoms with E-state index in [-0.39, 0.29) is 22.6 Å². The summed E-state index contributed by atoms with van der Waals surface area (Å²) < 4.78 is 10.3. The van der Waals surface area contributed by atoms with Crippen molar-refractivity contribution in [2.24, 2.45) is 23.7 Å². The van der Waals surface area contributed by atoms with Crippen molar-refractivity contribution in [2.75, 3.05) is 25.1 Å². The molecule has 4 rings (SSSR count). The molecule has 2 aliphatic carbocycles. The summed E-state index contributed by atoms with van der Waals surface area (Å²) in [6.45, 7) is 1.34. The van der Waals surface area contributed by atoms with E-state index in [9.17, 15) is 19.2 Å². The number of hydrogen-bond acceptors (Lipinski definition) is 6. The minimum absolute atomic E-state index is 0.156. The van der Waals surface area contributed by atoms with E-state index in [0.717, 1.165) is 4.90 Å². The van der Waals surface area contributed by atoms with Crippen molar-refractivity contribution in [2.45, 2.75) is 24.1 Å². The van der Waals surface area contributed by atoms with E-state index in [1.165, 1.54) is 0 Å². The van der Waals surface area contributed by atoms with Gasteiger partial charge in [-0.1, -0.05) is 0 Å². The van der Waals surface area contributed by atoms with Gasteiger partial charge in [-0.3, -0.25) is 24.1 Å². The number of nitrogens with one attached hydrogen (secondary N) is 1. The first-order valence-corrected chi connectivity index (χ1v) is 11.0. The molecule has 0 aromatic heterocycles. The fourth-order valence-corrected chi connectivity index (χ4v) is 5.78. The second kappa shape index (κ2) is 8.67. The smallest absolute Gasteiger partial charge is 0.326 e. The lowest BCUT2D eigenvalue weighted by Gasteiger charge is -2.28. The number of nitrogens with zero attached hydrogens (tertiary/aromatic N) is 1. The van der Waals surface area contributed by atoms with Gasteiger partial charge in [-0.15, -0.1) is 23.2 Å². The zero-order chi connectivity index (χ0) is 22.3. The lowest BCUT2D eigenvalue weighted by molar-refractivity contribution is -0.154. The van der Waals surface area contributed by atoms with Crippen LogP contribution in [0.2, 0.25) is 0 Å². The van der Waals surface area contributed by atoms with E-state index >= 15 is 0 Å². The highest BCUT2D eigenvalue weighted by Crippen LogP contribution is 2.59. The van der Waals surface area contributed by atoms with Gasteiger partial charge in [-0.05, 0) is 49.4 Å². The highest BCUT2D eigenvalue weighted by Gasteiger charge is 2.66. The summed E-state index contributed by atoms with van der Waals surface area (Å²) in [5.41, 5.74) is 0.518. The van der Waals surface area contributed by atoms with Crippen LogP contribution in [0.5, 0.6) is 5.75 Å². The summed E-state index contributed by atoms with van der Waals surface area (Å²) >= 11 is 12.6. The third-order valence-electron chi connectivity index (χ3n) is 6.18. The molecule has 3 aliphatic rings. The molecule has 0 unspecified atom stereocenters. The van der Waals surface area contributed by atoms with Gasteiger partial charge in [0.2, 0.25) is 11.8 Å². The summed E-state index contributed by atoms with van der Waals surface area (Å²) in [6, 6.07) is 6.73. The van der Waals surface area contributed by atoms with Crippen molar-refractivity contribution in [3.05, 3.63) is 24.3 Å². The average molecular weight is 469 g/mol. The minimum Gasteiger partial charge on any atom is -0.494 e. The van der Waals surface area contributed by atoms with Crippen LogP contribution in [0.25, 0.3) is 0 Å². The zero-order valence-electron chi connectivity index (χ0n) is 16.8. The quantitative estimate of drug-likeness (QED) is 0.373. The Morgan fingerprint density at radius 1 is 1.06 bits per heavy atom. The van der Waals surface area contributed by atoms with Crippen LogP contribution in [-0.4, -0.2) is 59.1 Å². The maximum atomic E-state index is 12.7. The van der Waals surface area contributed by atoms with Gasteiger partial charge in [0.25, 0.3) is 5.91 Å². The highest BCUT2D eigenvalue weighted by molar-refractivity contribution is 6.31. The number of benzene rings is 1. The van der Waals surface area contributed by atoms with Gasteiger partial charge in [0.1, 0.15) is 12.3 Å². The van der Waals surface area contributed by atoms with Gasteiger partial charge in [0.05, 0.1) is 29.2 Å². The Balaban J connectivity index is 1.28. The van der Waals surface area contributed by atoms with Gasteiger partial charge in [0, 0.05) is 5.69 Å². The third kappa shape index (κ3) is 3.99. The molecular formula is C21H22Cl2N2O6. The molecule has 31 heavy (non-hydrogen) atoms.